The molecule has 1 aliphatic carbocycles. The Bertz CT molecular complexity index is 894. The molecule has 1 saturated carbocycles. The molecule has 0 aromatic heterocycles. The summed E-state index contributed by atoms with van der Waals surface area (Å²) in [6.07, 6.45) is 4.93. The van der Waals surface area contributed by atoms with Crippen molar-refractivity contribution in [3.8, 4) is 5.75 Å². The molecule has 32 heavy (non-hydrogen) atoms. The van der Waals surface area contributed by atoms with Crippen molar-refractivity contribution >= 4 is 23.6 Å². The lowest BCUT2D eigenvalue weighted by Gasteiger charge is -2.31. The maximum Gasteiger partial charge on any atom is 0.243 e. The zero-order chi connectivity index (χ0) is 22.9. The number of ether oxygens (including phenoxy) is 1. The monoisotopic (exact) mass is 454 g/mol. The summed E-state index contributed by atoms with van der Waals surface area (Å²) in [4.78, 5) is 29.3. The Hall–Kier alpha value is -2.47. The predicted molar refractivity (Wildman–Crippen MR) is 130 cm³/mol. The lowest BCUT2D eigenvalue weighted by atomic mass is 10.1. The summed E-state index contributed by atoms with van der Waals surface area (Å²) in [5.74, 6) is 0.954. The van der Waals surface area contributed by atoms with Crippen molar-refractivity contribution in [2.24, 2.45) is 0 Å². The first kappa shape index (κ1) is 24.2. The van der Waals surface area contributed by atoms with E-state index in [4.69, 9.17) is 4.74 Å². The van der Waals surface area contributed by atoms with Gasteiger partial charge < -0.3 is 15.0 Å². The van der Waals surface area contributed by atoms with Crippen LogP contribution in [0.3, 0.4) is 0 Å². The van der Waals surface area contributed by atoms with Gasteiger partial charge in [0.15, 0.2) is 0 Å². The molecule has 0 spiro atoms. The Balaban J connectivity index is 1.76. The molecule has 1 atom stereocenters. The van der Waals surface area contributed by atoms with E-state index in [0.29, 0.717) is 18.7 Å². The Labute approximate surface area is 195 Å². The van der Waals surface area contributed by atoms with E-state index in [9.17, 15) is 9.59 Å². The molecule has 172 valence electrons. The van der Waals surface area contributed by atoms with Crippen molar-refractivity contribution in [1.82, 2.24) is 10.2 Å². The number of rotatable bonds is 10. The second-order valence-corrected chi connectivity index (χ2v) is 9.44. The third-order valence-electron chi connectivity index (χ3n) is 5.96. The minimum Gasteiger partial charge on any atom is -0.497 e. The highest BCUT2D eigenvalue weighted by Gasteiger charge is 2.30. The molecule has 0 unspecified atom stereocenters. The number of benzene rings is 2. The second kappa shape index (κ2) is 12.0. The zero-order valence-electron chi connectivity index (χ0n) is 19.3. The smallest absolute Gasteiger partial charge is 0.243 e. The van der Waals surface area contributed by atoms with Crippen LogP contribution in [0.1, 0.15) is 50.2 Å². The van der Waals surface area contributed by atoms with Crippen LogP contribution in [0.2, 0.25) is 0 Å². The Morgan fingerprint density at radius 3 is 2.53 bits per heavy atom. The number of nitrogens with zero attached hydrogens (tertiary/aromatic N) is 1. The highest BCUT2D eigenvalue weighted by Crippen LogP contribution is 2.23. The summed E-state index contributed by atoms with van der Waals surface area (Å²) in [5.41, 5.74) is 2.14. The quantitative estimate of drug-likeness (QED) is 0.516. The molecule has 1 aliphatic rings. The summed E-state index contributed by atoms with van der Waals surface area (Å²) in [5, 5.41) is 3.19. The number of carbonyl (C=O) groups excluding carboxylic acids is 2. The van der Waals surface area contributed by atoms with Gasteiger partial charge in [0.05, 0.1) is 12.9 Å². The first-order chi connectivity index (χ1) is 15.5. The van der Waals surface area contributed by atoms with Gasteiger partial charge in [0, 0.05) is 17.5 Å². The van der Waals surface area contributed by atoms with Gasteiger partial charge in [0.2, 0.25) is 11.8 Å². The van der Waals surface area contributed by atoms with Crippen LogP contribution in [0.4, 0.5) is 0 Å². The van der Waals surface area contributed by atoms with Crippen LogP contribution in [0.15, 0.2) is 53.4 Å². The fourth-order valence-corrected chi connectivity index (χ4v) is 4.90. The van der Waals surface area contributed by atoms with E-state index in [1.165, 1.54) is 17.3 Å². The van der Waals surface area contributed by atoms with Crippen LogP contribution < -0.4 is 10.1 Å². The predicted octanol–water partition coefficient (Wildman–Crippen LogP) is 4.96. The maximum atomic E-state index is 13.4. The van der Waals surface area contributed by atoms with Crippen LogP contribution in [-0.4, -0.2) is 41.7 Å². The third kappa shape index (κ3) is 6.76. The molecule has 0 aliphatic heterocycles. The largest absolute Gasteiger partial charge is 0.497 e. The summed E-state index contributed by atoms with van der Waals surface area (Å²) in [7, 11) is 1.63. The van der Waals surface area contributed by atoms with Crippen molar-refractivity contribution in [2.45, 2.75) is 69.5 Å². The molecule has 6 heteroatoms. The normalized spacial score (nSPS) is 14.7. The molecule has 0 bridgehead atoms. The zero-order valence-corrected chi connectivity index (χ0v) is 20.1. The number of thioether (sulfide) groups is 1. The van der Waals surface area contributed by atoms with Crippen LogP contribution in [-0.2, 0) is 16.1 Å². The molecule has 2 aromatic rings. The van der Waals surface area contributed by atoms with Crippen LogP contribution in [0, 0.1) is 6.92 Å². The fraction of sp³-hybridized carbons (Fsp3) is 0.462. The van der Waals surface area contributed by atoms with E-state index >= 15 is 0 Å². The molecule has 0 saturated heterocycles. The highest BCUT2D eigenvalue weighted by atomic mass is 32.2. The average Bonchev–Trinajstić information content (AvgIpc) is 3.31. The number of amides is 2. The number of aryl methyl sites for hydroxylation is 1. The molecule has 2 amide bonds. The molecule has 2 aromatic carbocycles. The van der Waals surface area contributed by atoms with Gasteiger partial charge in [-0.1, -0.05) is 49.6 Å². The van der Waals surface area contributed by atoms with Gasteiger partial charge >= 0.3 is 0 Å². The van der Waals surface area contributed by atoms with E-state index in [1.54, 1.807) is 12.0 Å². The van der Waals surface area contributed by atoms with Crippen LogP contribution >= 0.6 is 11.8 Å². The number of methoxy groups -OCH3 is 1. The van der Waals surface area contributed by atoms with Gasteiger partial charge in [-0.05, 0) is 56.0 Å². The van der Waals surface area contributed by atoms with Crippen molar-refractivity contribution in [2.75, 3.05) is 12.9 Å². The maximum absolute atomic E-state index is 13.4. The fourth-order valence-electron chi connectivity index (χ4n) is 4.12. The SMILES string of the molecule is CC[C@H](C(=O)NC1CCCC1)N(Cc1cccc(OC)c1)C(=O)CSc1ccc(C)cc1. The van der Waals surface area contributed by atoms with Gasteiger partial charge in [-0.25, -0.2) is 0 Å². The van der Waals surface area contributed by atoms with Gasteiger partial charge in [0.25, 0.3) is 0 Å². The number of hydrogen-bond donors (Lipinski definition) is 1. The summed E-state index contributed by atoms with van der Waals surface area (Å²) in [6.45, 7) is 4.39. The summed E-state index contributed by atoms with van der Waals surface area (Å²) >= 11 is 1.51. The molecule has 3 rings (SSSR count). The first-order valence-electron chi connectivity index (χ1n) is 11.4. The second-order valence-electron chi connectivity index (χ2n) is 8.39. The molecule has 0 heterocycles. The lowest BCUT2D eigenvalue weighted by molar-refractivity contribution is -0.139. The molecular formula is C26H34N2O3S. The van der Waals surface area contributed by atoms with E-state index in [2.05, 4.69) is 5.32 Å². The van der Waals surface area contributed by atoms with E-state index in [0.717, 1.165) is 41.9 Å². The lowest BCUT2D eigenvalue weighted by Crippen LogP contribution is -2.51. The molecule has 1 fully saturated rings. The Morgan fingerprint density at radius 1 is 1.16 bits per heavy atom. The van der Waals surface area contributed by atoms with Gasteiger partial charge in [-0.15, -0.1) is 11.8 Å². The Morgan fingerprint density at radius 2 is 1.88 bits per heavy atom. The molecule has 5 nitrogen and oxygen atoms in total. The minimum absolute atomic E-state index is 0.0354. The summed E-state index contributed by atoms with van der Waals surface area (Å²) < 4.78 is 5.35. The van der Waals surface area contributed by atoms with Crippen molar-refractivity contribution in [3.63, 3.8) is 0 Å². The Kier molecular flexibility index (Phi) is 9.03. The average molecular weight is 455 g/mol. The van der Waals surface area contributed by atoms with E-state index in [1.807, 2.05) is 62.4 Å². The highest BCUT2D eigenvalue weighted by molar-refractivity contribution is 8.00. The molecular weight excluding hydrogens is 420 g/mol. The van der Waals surface area contributed by atoms with Crippen LogP contribution in [0.25, 0.3) is 0 Å². The van der Waals surface area contributed by atoms with Crippen molar-refractivity contribution in [1.29, 1.82) is 0 Å². The molecule has 0 radical (unpaired) electrons. The molecule has 1 N–H and O–H groups in total. The number of hydrogen-bond acceptors (Lipinski definition) is 4. The topological polar surface area (TPSA) is 58.6 Å². The van der Waals surface area contributed by atoms with E-state index < -0.39 is 6.04 Å². The van der Waals surface area contributed by atoms with Gasteiger partial charge in [0.1, 0.15) is 11.8 Å². The third-order valence-corrected chi connectivity index (χ3v) is 6.95. The van der Waals surface area contributed by atoms with Crippen molar-refractivity contribution < 1.29 is 14.3 Å². The standard InChI is InChI=1S/C26H34N2O3S/c1-4-24(26(30)27-21-9-5-6-10-21)28(17-20-8-7-11-22(16-20)31-3)25(29)18-32-23-14-12-19(2)13-15-23/h7-8,11-16,21,24H,4-6,9-10,17-18H2,1-3H3,(H,27,30)/t24-/m1/s1. The van der Waals surface area contributed by atoms with E-state index in [-0.39, 0.29) is 17.9 Å². The van der Waals surface area contributed by atoms with Crippen LogP contribution in [0.5, 0.6) is 5.75 Å². The van der Waals surface area contributed by atoms with Gasteiger partial charge in [-0.3, -0.25) is 9.59 Å². The first-order valence-corrected chi connectivity index (χ1v) is 12.4. The summed E-state index contributed by atoms with van der Waals surface area (Å²) in [6, 6.07) is 15.6. The number of nitrogens with one attached hydrogen (secondary N) is 1. The number of carbonyl (C=O) groups is 2. The van der Waals surface area contributed by atoms with Crippen molar-refractivity contribution in [3.05, 3.63) is 59.7 Å². The minimum atomic E-state index is -0.493. The van der Waals surface area contributed by atoms with Gasteiger partial charge in [-0.2, -0.15) is 0 Å².